The summed E-state index contributed by atoms with van der Waals surface area (Å²) in [6.45, 7) is 2.25. The first kappa shape index (κ1) is 20.3. The predicted molar refractivity (Wildman–Crippen MR) is 107 cm³/mol. The molecule has 2 N–H and O–H groups in total. The van der Waals surface area contributed by atoms with Gasteiger partial charge in [0.25, 0.3) is 11.7 Å². The summed E-state index contributed by atoms with van der Waals surface area (Å²) in [5, 5.41) is 20.7. The molecule has 2 aromatic carbocycles. The van der Waals surface area contributed by atoms with Crippen molar-refractivity contribution >= 4 is 17.4 Å². The highest BCUT2D eigenvalue weighted by Crippen LogP contribution is 2.41. The maximum absolute atomic E-state index is 12.9. The minimum Gasteiger partial charge on any atom is -0.508 e. The number of Topliss-reactive ketones (excluding diaryl/α,β-unsaturated/α-hetero) is 1. The number of hydrogen-bond donors (Lipinski definition) is 2. The monoisotopic (exact) mass is 397 g/mol. The molecule has 0 spiro atoms. The molecule has 29 heavy (non-hydrogen) atoms. The number of phenols is 1. The molecule has 1 heterocycles. The second-order valence-electron chi connectivity index (χ2n) is 6.65. The first-order valence-corrected chi connectivity index (χ1v) is 9.22. The molecule has 0 aliphatic carbocycles. The fourth-order valence-corrected chi connectivity index (χ4v) is 3.50. The van der Waals surface area contributed by atoms with Gasteiger partial charge in [-0.3, -0.25) is 9.59 Å². The Kier molecular flexibility index (Phi) is 5.77. The molecular formula is C22H23NO6. The van der Waals surface area contributed by atoms with Crippen LogP contribution in [0, 0.1) is 0 Å². The Labute approximate surface area is 168 Å². The summed E-state index contributed by atoms with van der Waals surface area (Å²) in [5.41, 5.74) is 0.838. The average molecular weight is 397 g/mol. The number of methoxy groups -OCH3 is 2. The summed E-state index contributed by atoms with van der Waals surface area (Å²) in [4.78, 5) is 27.0. The molecule has 0 radical (unpaired) electrons. The average Bonchev–Trinajstić information content (AvgIpc) is 2.98. The number of aliphatic hydroxyl groups is 1. The fourth-order valence-electron chi connectivity index (χ4n) is 3.50. The van der Waals surface area contributed by atoms with Crippen molar-refractivity contribution in [3.63, 3.8) is 0 Å². The molecule has 7 nitrogen and oxygen atoms in total. The molecule has 1 amide bonds. The van der Waals surface area contributed by atoms with Crippen LogP contribution < -0.4 is 9.47 Å². The molecule has 1 fully saturated rings. The summed E-state index contributed by atoms with van der Waals surface area (Å²) < 4.78 is 10.5. The van der Waals surface area contributed by atoms with Crippen LogP contribution in [0.2, 0.25) is 0 Å². The van der Waals surface area contributed by atoms with E-state index in [1.54, 1.807) is 30.3 Å². The maximum Gasteiger partial charge on any atom is 0.295 e. The lowest BCUT2D eigenvalue weighted by Gasteiger charge is -2.25. The van der Waals surface area contributed by atoms with Gasteiger partial charge in [0.05, 0.1) is 31.4 Å². The van der Waals surface area contributed by atoms with Crippen LogP contribution in [-0.4, -0.2) is 47.6 Å². The number of aliphatic hydroxyl groups excluding tert-OH is 1. The number of rotatable bonds is 6. The number of likely N-dealkylation sites (tertiary alicyclic amines) is 1. The van der Waals surface area contributed by atoms with Crippen molar-refractivity contribution in [1.29, 1.82) is 0 Å². The van der Waals surface area contributed by atoms with Crippen molar-refractivity contribution in [3.8, 4) is 17.2 Å². The van der Waals surface area contributed by atoms with E-state index in [9.17, 15) is 19.8 Å². The molecule has 1 saturated heterocycles. The minimum absolute atomic E-state index is 0.0271. The highest BCUT2D eigenvalue weighted by molar-refractivity contribution is 6.46. The summed E-state index contributed by atoms with van der Waals surface area (Å²) in [7, 11) is 2.94. The van der Waals surface area contributed by atoms with Crippen LogP contribution in [0.15, 0.2) is 48.0 Å². The number of nitrogens with zero attached hydrogens (tertiary/aromatic N) is 1. The zero-order chi connectivity index (χ0) is 21.1. The van der Waals surface area contributed by atoms with Crippen LogP contribution in [-0.2, 0) is 9.59 Å². The van der Waals surface area contributed by atoms with Crippen molar-refractivity contribution in [2.45, 2.75) is 19.4 Å². The predicted octanol–water partition coefficient (Wildman–Crippen LogP) is 3.24. The van der Waals surface area contributed by atoms with Crippen molar-refractivity contribution in [2.24, 2.45) is 0 Å². The van der Waals surface area contributed by atoms with Crippen LogP contribution in [0.1, 0.15) is 30.5 Å². The van der Waals surface area contributed by atoms with Crippen LogP contribution in [0.3, 0.4) is 0 Å². The van der Waals surface area contributed by atoms with Crippen molar-refractivity contribution in [3.05, 3.63) is 59.2 Å². The first-order chi connectivity index (χ1) is 13.9. The number of carbonyl (C=O) groups excluding carboxylic acids is 2. The van der Waals surface area contributed by atoms with Gasteiger partial charge in [0.15, 0.2) is 0 Å². The van der Waals surface area contributed by atoms with E-state index in [1.165, 1.54) is 31.3 Å². The van der Waals surface area contributed by atoms with Crippen LogP contribution in [0.5, 0.6) is 17.2 Å². The van der Waals surface area contributed by atoms with Crippen LogP contribution in [0.4, 0.5) is 0 Å². The number of benzene rings is 2. The van der Waals surface area contributed by atoms with E-state index in [-0.39, 0.29) is 22.6 Å². The van der Waals surface area contributed by atoms with Gasteiger partial charge in [-0.15, -0.1) is 0 Å². The smallest absolute Gasteiger partial charge is 0.295 e. The van der Waals surface area contributed by atoms with E-state index in [4.69, 9.17) is 9.47 Å². The molecule has 0 aromatic heterocycles. The van der Waals surface area contributed by atoms with Gasteiger partial charge in [0.2, 0.25) is 0 Å². The third-order valence-corrected chi connectivity index (χ3v) is 4.88. The standard InChI is InChI=1S/C22H23NO6/c1-4-11-23-19(13-5-7-14(24)8-6-13)18(21(26)22(23)27)20(25)16-12-15(28-2)9-10-17(16)29-3/h5-10,12,19,24-25H,4,11H2,1-3H3/b20-18+. The van der Waals surface area contributed by atoms with Gasteiger partial charge in [-0.1, -0.05) is 19.1 Å². The van der Waals surface area contributed by atoms with Gasteiger partial charge in [0, 0.05) is 6.54 Å². The molecule has 1 aliphatic rings. The Morgan fingerprint density at radius 3 is 2.34 bits per heavy atom. The van der Waals surface area contributed by atoms with Crippen molar-refractivity contribution in [1.82, 2.24) is 4.90 Å². The van der Waals surface area contributed by atoms with Gasteiger partial charge in [-0.25, -0.2) is 0 Å². The van der Waals surface area contributed by atoms with Gasteiger partial charge in [-0.05, 0) is 42.3 Å². The topological polar surface area (TPSA) is 96.3 Å². The lowest BCUT2D eigenvalue weighted by molar-refractivity contribution is -0.139. The second kappa shape index (κ2) is 8.26. The molecule has 152 valence electrons. The Morgan fingerprint density at radius 1 is 1.07 bits per heavy atom. The highest BCUT2D eigenvalue weighted by Gasteiger charge is 2.45. The van der Waals surface area contributed by atoms with Crippen LogP contribution >= 0.6 is 0 Å². The number of aromatic hydroxyl groups is 1. The Morgan fingerprint density at radius 2 is 1.76 bits per heavy atom. The van der Waals surface area contributed by atoms with Crippen LogP contribution in [0.25, 0.3) is 5.76 Å². The first-order valence-electron chi connectivity index (χ1n) is 9.22. The maximum atomic E-state index is 12.9. The minimum atomic E-state index is -0.772. The Bertz CT molecular complexity index is 964. The van der Waals surface area contributed by atoms with E-state index in [1.807, 2.05) is 6.92 Å². The molecule has 1 aliphatic heterocycles. The summed E-state index contributed by atoms with van der Waals surface area (Å²) in [6, 6.07) is 10.3. The summed E-state index contributed by atoms with van der Waals surface area (Å²) >= 11 is 0. The van der Waals surface area contributed by atoms with Crippen molar-refractivity contribution < 1.29 is 29.3 Å². The van der Waals surface area contributed by atoms with E-state index >= 15 is 0 Å². The third-order valence-electron chi connectivity index (χ3n) is 4.88. The zero-order valence-electron chi connectivity index (χ0n) is 16.5. The molecule has 3 rings (SSSR count). The number of ketones is 1. The van der Waals surface area contributed by atoms with E-state index < -0.39 is 17.7 Å². The number of amides is 1. The van der Waals surface area contributed by atoms with Gasteiger partial charge in [-0.2, -0.15) is 0 Å². The van der Waals surface area contributed by atoms with Gasteiger partial charge < -0.3 is 24.6 Å². The Balaban J connectivity index is 2.24. The summed E-state index contributed by atoms with van der Waals surface area (Å²) in [5.74, 6) is -0.899. The number of carbonyl (C=O) groups is 2. The van der Waals surface area contributed by atoms with E-state index in [2.05, 4.69) is 0 Å². The lowest BCUT2D eigenvalue weighted by atomic mass is 9.95. The quantitative estimate of drug-likeness (QED) is 0.441. The number of ether oxygens (including phenoxy) is 2. The van der Waals surface area contributed by atoms with Gasteiger partial charge in [0.1, 0.15) is 23.0 Å². The number of hydrogen-bond acceptors (Lipinski definition) is 6. The fraction of sp³-hybridized carbons (Fsp3) is 0.273. The molecule has 0 bridgehead atoms. The lowest BCUT2D eigenvalue weighted by Crippen LogP contribution is -2.30. The number of phenolic OH excluding ortho intramolecular Hbond substituents is 1. The molecule has 1 unspecified atom stereocenters. The second-order valence-corrected chi connectivity index (χ2v) is 6.65. The SMILES string of the molecule is CCCN1C(=O)C(=O)/C(=C(/O)c2cc(OC)ccc2OC)C1c1ccc(O)cc1. The van der Waals surface area contributed by atoms with Gasteiger partial charge >= 0.3 is 0 Å². The zero-order valence-corrected chi connectivity index (χ0v) is 16.5. The van der Waals surface area contributed by atoms with Crippen molar-refractivity contribution in [2.75, 3.05) is 20.8 Å². The normalized spacial score (nSPS) is 18.2. The molecule has 7 heteroatoms. The van der Waals surface area contributed by atoms with E-state index in [0.717, 1.165) is 0 Å². The summed E-state index contributed by atoms with van der Waals surface area (Å²) in [6.07, 6.45) is 0.643. The molecule has 1 atom stereocenters. The van der Waals surface area contributed by atoms with E-state index in [0.29, 0.717) is 30.0 Å². The Hall–Kier alpha value is -3.48. The largest absolute Gasteiger partial charge is 0.508 e. The highest BCUT2D eigenvalue weighted by atomic mass is 16.5. The molecular weight excluding hydrogens is 374 g/mol. The molecule has 0 saturated carbocycles. The third kappa shape index (κ3) is 3.63. The molecule has 2 aromatic rings.